The molecule has 1 aromatic carbocycles. The van der Waals surface area contributed by atoms with Crippen LogP contribution in [0.2, 0.25) is 0 Å². The van der Waals surface area contributed by atoms with E-state index >= 15 is 0 Å². The number of carbonyl (C=O) groups is 1. The number of amides is 1. The van der Waals surface area contributed by atoms with Crippen molar-refractivity contribution in [3.05, 3.63) is 35.0 Å². The van der Waals surface area contributed by atoms with Gasteiger partial charge < -0.3 is 11.1 Å². The summed E-state index contributed by atoms with van der Waals surface area (Å²) in [6.45, 7) is 2.23. The summed E-state index contributed by atoms with van der Waals surface area (Å²) in [4.78, 5) is 12.4. The van der Waals surface area contributed by atoms with Gasteiger partial charge in [0.2, 0.25) is 0 Å². The van der Waals surface area contributed by atoms with E-state index in [-0.39, 0.29) is 17.8 Å². The largest absolute Gasteiger partial charge is 0.348 e. The second-order valence-electron chi connectivity index (χ2n) is 3.90. The van der Waals surface area contributed by atoms with Gasteiger partial charge in [0.05, 0.1) is 4.88 Å². The molecular weight excluding hydrogens is 239 g/mol. The zero-order chi connectivity index (χ0) is 12.4. The second kappa shape index (κ2) is 4.81. The van der Waals surface area contributed by atoms with Crippen LogP contribution in [0.1, 0.15) is 16.6 Å². The van der Waals surface area contributed by atoms with Crippen LogP contribution in [0.4, 0.5) is 4.39 Å². The minimum Gasteiger partial charge on any atom is -0.348 e. The highest BCUT2D eigenvalue weighted by molar-refractivity contribution is 7.20. The fourth-order valence-corrected chi connectivity index (χ4v) is 2.46. The maximum absolute atomic E-state index is 13.0. The molecule has 17 heavy (non-hydrogen) atoms. The number of nitrogens with two attached hydrogens (primary N) is 1. The Morgan fingerprint density at radius 2 is 2.29 bits per heavy atom. The minimum absolute atomic E-state index is 0.0653. The predicted molar refractivity (Wildman–Crippen MR) is 67.8 cm³/mol. The van der Waals surface area contributed by atoms with Crippen molar-refractivity contribution < 1.29 is 9.18 Å². The topological polar surface area (TPSA) is 55.1 Å². The number of halogens is 1. The van der Waals surface area contributed by atoms with Crippen LogP contribution >= 0.6 is 11.3 Å². The highest BCUT2D eigenvalue weighted by atomic mass is 32.1. The molecule has 0 saturated heterocycles. The summed E-state index contributed by atoms with van der Waals surface area (Å²) in [5.74, 6) is -0.453. The van der Waals surface area contributed by atoms with Gasteiger partial charge in [-0.25, -0.2) is 4.39 Å². The van der Waals surface area contributed by atoms with Crippen molar-refractivity contribution in [3.8, 4) is 0 Å². The van der Waals surface area contributed by atoms with Gasteiger partial charge in [-0.3, -0.25) is 4.79 Å². The van der Waals surface area contributed by atoms with Crippen molar-refractivity contribution in [3.63, 3.8) is 0 Å². The lowest BCUT2D eigenvalue weighted by atomic mass is 10.2. The molecule has 0 bridgehead atoms. The molecule has 5 heteroatoms. The summed E-state index contributed by atoms with van der Waals surface area (Å²) in [6.07, 6.45) is 0. The van der Waals surface area contributed by atoms with Crippen molar-refractivity contribution in [1.29, 1.82) is 0 Å². The van der Waals surface area contributed by atoms with E-state index < -0.39 is 0 Å². The number of carbonyl (C=O) groups excluding carboxylic acids is 1. The third kappa shape index (κ3) is 2.62. The van der Waals surface area contributed by atoms with Gasteiger partial charge in [-0.1, -0.05) is 6.07 Å². The zero-order valence-electron chi connectivity index (χ0n) is 9.37. The minimum atomic E-state index is -0.290. The molecule has 1 aromatic heterocycles. The highest BCUT2D eigenvalue weighted by Crippen LogP contribution is 2.26. The molecule has 1 heterocycles. The van der Waals surface area contributed by atoms with Gasteiger partial charge in [0, 0.05) is 17.3 Å². The number of nitrogens with one attached hydrogen (secondary N) is 1. The molecule has 0 spiro atoms. The monoisotopic (exact) mass is 252 g/mol. The summed E-state index contributed by atoms with van der Waals surface area (Å²) in [5, 5.41) is 3.65. The Morgan fingerprint density at radius 3 is 3.00 bits per heavy atom. The number of fused-ring (bicyclic) bond motifs is 1. The van der Waals surface area contributed by atoms with Crippen LogP contribution in [-0.4, -0.2) is 18.5 Å². The van der Waals surface area contributed by atoms with Crippen LogP contribution < -0.4 is 11.1 Å². The van der Waals surface area contributed by atoms with E-state index in [0.29, 0.717) is 11.4 Å². The third-order valence-electron chi connectivity index (χ3n) is 2.44. The fraction of sp³-hybridized carbons (Fsp3) is 0.250. The lowest BCUT2D eigenvalue weighted by Crippen LogP contribution is -2.37. The SMILES string of the molecule is CC(CN)NC(=O)c1cc2ccc(F)cc2s1. The second-order valence-corrected chi connectivity index (χ2v) is 4.99. The Labute approximate surface area is 102 Å². The molecule has 0 fully saturated rings. The molecule has 0 aliphatic carbocycles. The number of hydrogen-bond donors (Lipinski definition) is 2. The summed E-state index contributed by atoms with van der Waals surface area (Å²) >= 11 is 1.28. The van der Waals surface area contributed by atoms with Crippen molar-refractivity contribution >= 4 is 27.3 Å². The van der Waals surface area contributed by atoms with Gasteiger partial charge in [0.25, 0.3) is 5.91 Å². The highest BCUT2D eigenvalue weighted by Gasteiger charge is 2.12. The predicted octanol–water partition coefficient (Wildman–Crippen LogP) is 2.12. The van der Waals surface area contributed by atoms with E-state index in [4.69, 9.17) is 5.73 Å². The van der Waals surface area contributed by atoms with Crippen molar-refractivity contribution in [1.82, 2.24) is 5.32 Å². The molecule has 2 aromatic rings. The molecule has 1 unspecified atom stereocenters. The maximum atomic E-state index is 13.0. The molecule has 0 aliphatic heterocycles. The zero-order valence-corrected chi connectivity index (χ0v) is 10.2. The van der Waals surface area contributed by atoms with Crippen LogP contribution in [0.25, 0.3) is 10.1 Å². The van der Waals surface area contributed by atoms with Crippen LogP contribution in [-0.2, 0) is 0 Å². The van der Waals surface area contributed by atoms with E-state index in [1.165, 1.54) is 23.5 Å². The van der Waals surface area contributed by atoms with Crippen LogP contribution in [0, 0.1) is 5.82 Å². The first-order valence-electron chi connectivity index (χ1n) is 5.30. The third-order valence-corrected chi connectivity index (χ3v) is 3.53. The van der Waals surface area contributed by atoms with Crippen molar-refractivity contribution in [2.75, 3.05) is 6.54 Å². The molecule has 3 N–H and O–H groups in total. The summed E-state index contributed by atoms with van der Waals surface area (Å²) in [5.41, 5.74) is 5.43. The standard InChI is InChI=1S/C12H13FN2OS/c1-7(6-14)15-12(16)11-4-8-2-3-9(13)5-10(8)17-11/h2-5,7H,6,14H2,1H3,(H,15,16). The van der Waals surface area contributed by atoms with Gasteiger partial charge in [-0.15, -0.1) is 11.3 Å². The lowest BCUT2D eigenvalue weighted by molar-refractivity contribution is 0.0945. The van der Waals surface area contributed by atoms with Crippen molar-refractivity contribution in [2.45, 2.75) is 13.0 Å². The Balaban J connectivity index is 2.27. The molecule has 2 rings (SSSR count). The van der Waals surface area contributed by atoms with E-state index in [9.17, 15) is 9.18 Å². The van der Waals surface area contributed by atoms with E-state index in [1.807, 2.05) is 6.92 Å². The molecule has 0 aliphatic rings. The van der Waals surface area contributed by atoms with Gasteiger partial charge in [0.15, 0.2) is 0 Å². The van der Waals surface area contributed by atoms with Crippen LogP contribution in [0.15, 0.2) is 24.3 Å². The Morgan fingerprint density at radius 1 is 1.53 bits per heavy atom. The average Bonchev–Trinajstić information content (AvgIpc) is 2.71. The number of rotatable bonds is 3. The summed E-state index contributed by atoms with van der Waals surface area (Å²) < 4.78 is 13.8. The molecule has 90 valence electrons. The van der Waals surface area contributed by atoms with Gasteiger partial charge in [-0.2, -0.15) is 0 Å². The van der Waals surface area contributed by atoms with E-state index in [0.717, 1.165) is 10.1 Å². The van der Waals surface area contributed by atoms with Crippen LogP contribution in [0.3, 0.4) is 0 Å². The normalized spacial score (nSPS) is 12.6. The first kappa shape index (κ1) is 12.0. The quantitative estimate of drug-likeness (QED) is 0.879. The molecular formula is C12H13FN2OS. The Bertz CT molecular complexity index is 552. The first-order valence-corrected chi connectivity index (χ1v) is 6.12. The van der Waals surface area contributed by atoms with E-state index in [2.05, 4.69) is 5.32 Å². The van der Waals surface area contributed by atoms with E-state index in [1.54, 1.807) is 12.1 Å². The first-order chi connectivity index (χ1) is 8.10. The van der Waals surface area contributed by atoms with Crippen LogP contribution in [0.5, 0.6) is 0 Å². The number of thiophene rings is 1. The average molecular weight is 252 g/mol. The molecule has 1 amide bonds. The van der Waals surface area contributed by atoms with Crippen molar-refractivity contribution in [2.24, 2.45) is 5.73 Å². The summed E-state index contributed by atoms with van der Waals surface area (Å²) in [7, 11) is 0. The van der Waals surface area contributed by atoms with Gasteiger partial charge in [0.1, 0.15) is 5.82 Å². The molecule has 0 saturated carbocycles. The number of hydrogen-bond acceptors (Lipinski definition) is 3. The fourth-order valence-electron chi connectivity index (χ4n) is 1.47. The smallest absolute Gasteiger partial charge is 0.261 e. The maximum Gasteiger partial charge on any atom is 0.261 e. The Kier molecular flexibility index (Phi) is 3.40. The molecule has 0 radical (unpaired) electrons. The number of benzene rings is 1. The lowest BCUT2D eigenvalue weighted by Gasteiger charge is -2.09. The molecule has 1 atom stereocenters. The molecule has 3 nitrogen and oxygen atoms in total. The van der Waals surface area contributed by atoms with Gasteiger partial charge >= 0.3 is 0 Å². The summed E-state index contributed by atoms with van der Waals surface area (Å²) in [6, 6.07) is 6.19. The Hall–Kier alpha value is -1.46. The van der Waals surface area contributed by atoms with Gasteiger partial charge in [-0.05, 0) is 30.5 Å².